The molecule has 2 aromatic rings. The number of rotatable bonds is 2. The number of nitro groups is 1. The van der Waals surface area contributed by atoms with E-state index in [0.29, 0.717) is 0 Å². The number of hydrogen-bond donors (Lipinski definition) is 0. The molecule has 2 rings (SSSR count). The van der Waals surface area contributed by atoms with E-state index in [4.69, 9.17) is 0 Å². The first-order valence-electron chi connectivity index (χ1n) is 5.26. The molecular weight excluding hydrogens is 216 g/mol. The molecule has 0 saturated carbocycles. The third-order valence-electron chi connectivity index (χ3n) is 2.63. The Morgan fingerprint density at radius 3 is 2.47 bits per heavy atom. The highest BCUT2D eigenvalue weighted by molar-refractivity contribution is 5.67. The number of aromatic nitrogens is 1. The van der Waals surface area contributed by atoms with E-state index in [1.54, 1.807) is 6.07 Å². The van der Waals surface area contributed by atoms with Gasteiger partial charge in [0.1, 0.15) is 6.20 Å². The number of nitrogens with zero attached hydrogens (tertiary/aromatic N) is 2. The van der Waals surface area contributed by atoms with Gasteiger partial charge in [0.05, 0.1) is 0 Å². The smallest absolute Gasteiger partial charge is 0.358 e. The first-order valence-corrected chi connectivity index (χ1v) is 5.26. The molecule has 1 heterocycles. The SMILES string of the molecule is Cc1ccc(-c2ccc([N+](=O)[O-])nc2)c(C)c1. The zero-order valence-corrected chi connectivity index (χ0v) is 9.68. The van der Waals surface area contributed by atoms with Crippen LogP contribution in [0.5, 0.6) is 0 Å². The van der Waals surface area contributed by atoms with Crippen LogP contribution in [0, 0.1) is 24.0 Å². The molecule has 0 unspecified atom stereocenters. The summed E-state index contributed by atoms with van der Waals surface area (Å²) >= 11 is 0. The molecule has 86 valence electrons. The molecule has 0 aliphatic rings. The van der Waals surface area contributed by atoms with Gasteiger partial charge in [-0.1, -0.05) is 23.8 Å². The third-order valence-corrected chi connectivity index (χ3v) is 2.63. The zero-order valence-electron chi connectivity index (χ0n) is 9.68. The van der Waals surface area contributed by atoms with Gasteiger partial charge in [0.2, 0.25) is 0 Å². The third kappa shape index (κ3) is 2.30. The van der Waals surface area contributed by atoms with E-state index in [1.165, 1.54) is 17.8 Å². The fourth-order valence-corrected chi connectivity index (χ4v) is 1.79. The van der Waals surface area contributed by atoms with Crippen molar-refractivity contribution in [2.24, 2.45) is 0 Å². The van der Waals surface area contributed by atoms with Crippen LogP contribution in [-0.2, 0) is 0 Å². The maximum atomic E-state index is 10.5. The van der Waals surface area contributed by atoms with Crippen LogP contribution < -0.4 is 0 Å². The molecule has 1 aromatic heterocycles. The number of aryl methyl sites for hydroxylation is 2. The van der Waals surface area contributed by atoms with Crippen LogP contribution in [-0.4, -0.2) is 9.91 Å². The predicted octanol–water partition coefficient (Wildman–Crippen LogP) is 3.27. The van der Waals surface area contributed by atoms with Crippen molar-refractivity contribution in [1.29, 1.82) is 0 Å². The number of pyridine rings is 1. The van der Waals surface area contributed by atoms with Crippen molar-refractivity contribution in [2.45, 2.75) is 13.8 Å². The second-order valence-corrected chi connectivity index (χ2v) is 3.98. The summed E-state index contributed by atoms with van der Waals surface area (Å²) in [4.78, 5) is 13.8. The quantitative estimate of drug-likeness (QED) is 0.585. The molecular formula is C13H12N2O2. The number of benzene rings is 1. The number of hydrogen-bond acceptors (Lipinski definition) is 3. The van der Waals surface area contributed by atoms with Crippen molar-refractivity contribution in [2.75, 3.05) is 0 Å². The Bertz CT molecular complexity index is 562. The van der Waals surface area contributed by atoms with Crippen LogP contribution >= 0.6 is 0 Å². The van der Waals surface area contributed by atoms with Crippen LogP contribution in [0.1, 0.15) is 11.1 Å². The molecule has 0 bridgehead atoms. The lowest BCUT2D eigenvalue weighted by Gasteiger charge is -2.05. The van der Waals surface area contributed by atoms with Crippen molar-refractivity contribution < 1.29 is 4.92 Å². The van der Waals surface area contributed by atoms with Crippen LogP contribution in [0.15, 0.2) is 36.5 Å². The van der Waals surface area contributed by atoms with Crippen molar-refractivity contribution >= 4 is 5.82 Å². The highest BCUT2D eigenvalue weighted by atomic mass is 16.6. The lowest BCUT2D eigenvalue weighted by atomic mass is 10.0. The molecule has 0 saturated heterocycles. The highest BCUT2D eigenvalue weighted by Crippen LogP contribution is 2.24. The first kappa shape index (κ1) is 11.3. The van der Waals surface area contributed by atoms with E-state index in [2.05, 4.69) is 11.1 Å². The van der Waals surface area contributed by atoms with Gasteiger partial charge in [-0.2, -0.15) is 0 Å². The summed E-state index contributed by atoms with van der Waals surface area (Å²) in [5.41, 5.74) is 4.29. The molecule has 17 heavy (non-hydrogen) atoms. The normalized spacial score (nSPS) is 10.2. The summed E-state index contributed by atoms with van der Waals surface area (Å²) in [6.07, 6.45) is 1.54. The molecule has 0 radical (unpaired) electrons. The van der Waals surface area contributed by atoms with Gasteiger partial charge in [-0.25, -0.2) is 0 Å². The standard InChI is InChI=1S/C13H12N2O2/c1-9-3-5-12(10(2)7-9)11-4-6-13(14-8-11)15(16)17/h3-8H,1-2H3. The minimum Gasteiger partial charge on any atom is -0.358 e. The van der Waals surface area contributed by atoms with E-state index in [9.17, 15) is 10.1 Å². The van der Waals surface area contributed by atoms with Crippen molar-refractivity contribution in [3.8, 4) is 11.1 Å². The molecule has 4 heteroatoms. The molecule has 0 fully saturated rings. The Kier molecular flexibility index (Phi) is 2.87. The molecule has 1 aromatic carbocycles. The minimum absolute atomic E-state index is 0.126. The average Bonchev–Trinajstić information content (AvgIpc) is 2.29. The Hall–Kier alpha value is -2.23. The predicted molar refractivity (Wildman–Crippen MR) is 65.8 cm³/mol. The van der Waals surface area contributed by atoms with E-state index in [0.717, 1.165) is 16.7 Å². The summed E-state index contributed by atoms with van der Waals surface area (Å²) in [7, 11) is 0. The fraction of sp³-hybridized carbons (Fsp3) is 0.154. The van der Waals surface area contributed by atoms with Crippen molar-refractivity contribution in [1.82, 2.24) is 4.98 Å². The average molecular weight is 228 g/mol. The van der Waals surface area contributed by atoms with Gasteiger partial charge < -0.3 is 10.1 Å². The van der Waals surface area contributed by atoms with Gasteiger partial charge in [0.25, 0.3) is 0 Å². The molecule has 0 atom stereocenters. The topological polar surface area (TPSA) is 56.0 Å². The van der Waals surface area contributed by atoms with Crippen molar-refractivity contribution in [3.05, 3.63) is 57.8 Å². The molecule has 4 nitrogen and oxygen atoms in total. The summed E-state index contributed by atoms with van der Waals surface area (Å²) in [6.45, 7) is 4.05. The zero-order chi connectivity index (χ0) is 12.4. The van der Waals surface area contributed by atoms with Gasteiger partial charge in [-0.15, -0.1) is 0 Å². The maximum Gasteiger partial charge on any atom is 0.363 e. The highest BCUT2D eigenvalue weighted by Gasteiger charge is 2.08. The monoisotopic (exact) mass is 228 g/mol. The maximum absolute atomic E-state index is 10.5. The van der Waals surface area contributed by atoms with E-state index >= 15 is 0 Å². The molecule has 0 N–H and O–H groups in total. The molecule has 0 aliphatic heterocycles. The fourth-order valence-electron chi connectivity index (χ4n) is 1.79. The molecule has 0 spiro atoms. The van der Waals surface area contributed by atoms with Gasteiger partial charge >= 0.3 is 5.82 Å². The molecule has 0 amide bonds. The van der Waals surface area contributed by atoms with Gasteiger partial charge in [-0.3, -0.25) is 0 Å². The lowest BCUT2D eigenvalue weighted by Crippen LogP contribution is -1.92. The van der Waals surface area contributed by atoms with E-state index in [1.807, 2.05) is 26.0 Å². The van der Waals surface area contributed by atoms with Gasteiger partial charge in [0.15, 0.2) is 0 Å². The van der Waals surface area contributed by atoms with Crippen LogP contribution in [0.25, 0.3) is 11.1 Å². The minimum atomic E-state index is -0.494. The second kappa shape index (κ2) is 4.33. The Balaban J connectivity index is 2.43. The lowest BCUT2D eigenvalue weighted by molar-refractivity contribution is -0.389. The van der Waals surface area contributed by atoms with Crippen LogP contribution in [0.3, 0.4) is 0 Å². The second-order valence-electron chi connectivity index (χ2n) is 3.98. The van der Waals surface area contributed by atoms with E-state index in [-0.39, 0.29) is 5.82 Å². The van der Waals surface area contributed by atoms with E-state index < -0.39 is 4.92 Å². The summed E-state index contributed by atoms with van der Waals surface area (Å²) in [5, 5.41) is 10.5. The Morgan fingerprint density at radius 2 is 1.94 bits per heavy atom. The molecule has 0 aliphatic carbocycles. The van der Waals surface area contributed by atoms with Gasteiger partial charge in [0, 0.05) is 11.6 Å². The van der Waals surface area contributed by atoms with Crippen LogP contribution in [0.2, 0.25) is 0 Å². The largest absolute Gasteiger partial charge is 0.363 e. The summed E-state index contributed by atoms with van der Waals surface area (Å²) < 4.78 is 0. The van der Waals surface area contributed by atoms with Crippen molar-refractivity contribution in [3.63, 3.8) is 0 Å². The Morgan fingerprint density at radius 1 is 1.18 bits per heavy atom. The van der Waals surface area contributed by atoms with Gasteiger partial charge in [-0.05, 0) is 40.9 Å². The Labute approximate surface area is 99.1 Å². The summed E-state index contributed by atoms with van der Waals surface area (Å²) in [5.74, 6) is -0.126. The summed E-state index contributed by atoms with van der Waals surface area (Å²) in [6, 6.07) is 9.26. The first-order chi connectivity index (χ1) is 8.08. The van der Waals surface area contributed by atoms with Crippen LogP contribution in [0.4, 0.5) is 5.82 Å².